The summed E-state index contributed by atoms with van der Waals surface area (Å²) in [5.41, 5.74) is 0.946. The van der Waals surface area contributed by atoms with Crippen molar-refractivity contribution in [3.8, 4) is 0 Å². The lowest BCUT2D eigenvalue weighted by molar-refractivity contribution is 0.0558. The fourth-order valence-corrected chi connectivity index (χ4v) is 4.70. The molecule has 5 rings (SSSR count). The third kappa shape index (κ3) is 3.97. The zero-order valence-electron chi connectivity index (χ0n) is 17.2. The highest BCUT2D eigenvalue weighted by Crippen LogP contribution is 2.34. The van der Waals surface area contributed by atoms with Gasteiger partial charge >= 0.3 is 0 Å². The summed E-state index contributed by atoms with van der Waals surface area (Å²) in [5, 5.41) is 12.7. The first-order chi connectivity index (χ1) is 15.2. The van der Waals surface area contributed by atoms with E-state index in [-0.39, 0.29) is 17.8 Å². The quantitative estimate of drug-likeness (QED) is 0.626. The maximum absolute atomic E-state index is 13.6. The number of benzene rings is 1. The van der Waals surface area contributed by atoms with Gasteiger partial charge in [0.05, 0.1) is 18.3 Å². The third-order valence-electron chi connectivity index (χ3n) is 6.32. The van der Waals surface area contributed by atoms with Gasteiger partial charge in [0.1, 0.15) is 5.82 Å². The van der Waals surface area contributed by atoms with Crippen LogP contribution in [0.2, 0.25) is 0 Å². The Hall–Kier alpha value is -3.07. The third-order valence-corrected chi connectivity index (χ3v) is 6.32. The Morgan fingerprint density at radius 3 is 2.48 bits per heavy atom. The van der Waals surface area contributed by atoms with Crippen molar-refractivity contribution in [3.63, 3.8) is 0 Å². The smallest absolute Gasteiger partial charge is 0.289 e. The van der Waals surface area contributed by atoms with Crippen LogP contribution in [-0.2, 0) is 0 Å². The number of halogens is 1. The molecule has 1 saturated heterocycles. The van der Waals surface area contributed by atoms with E-state index in [1.54, 1.807) is 29.2 Å². The van der Waals surface area contributed by atoms with Gasteiger partial charge in [-0.3, -0.25) is 9.69 Å². The Balaban J connectivity index is 1.40. The number of hydrogen-bond donors (Lipinski definition) is 0. The number of carbonyl (C=O) groups excluding carboxylic acids is 1. The van der Waals surface area contributed by atoms with E-state index in [0.29, 0.717) is 38.0 Å². The molecule has 1 aromatic carbocycles. The second-order valence-electron chi connectivity index (χ2n) is 8.18. The SMILES string of the molecule is O=C(c1ccco1)N1CCN([C@@H](c2ccc(F)cc2)c2nnnn2C2CCCC2)CC1. The molecule has 1 amide bonds. The number of rotatable bonds is 5. The molecule has 0 N–H and O–H groups in total. The summed E-state index contributed by atoms with van der Waals surface area (Å²) in [4.78, 5) is 16.7. The maximum Gasteiger partial charge on any atom is 0.289 e. The van der Waals surface area contributed by atoms with Crippen molar-refractivity contribution in [3.05, 3.63) is 65.6 Å². The van der Waals surface area contributed by atoms with Crippen LogP contribution in [0.15, 0.2) is 47.1 Å². The summed E-state index contributed by atoms with van der Waals surface area (Å²) in [6, 6.07) is 10.1. The van der Waals surface area contributed by atoms with Gasteiger partial charge in [-0.25, -0.2) is 9.07 Å². The highest BCUT2D eigenvalue weighted by molar-refractivity contribution is 5.91. The van der Waals surface area contributed by atoms with Gasteiger partial charge in [0.2, 0.25) is 0 Å². The minimum atomic E-state index is -0.272. The molecule has 3 heterocycles. The monoisotopic (exact) mass is 424 g/mol. The molecule has 31 heavy (non-hydrogen) atoms. The predicted molar refractivity (Wildman–Crippen MR) is 110 cm³/mol. The molecule has 0 spiro atoms. The summed E-state index contributed by atoms with van der Waals surface area (Å²) >= 11 is 0. The fraction of sp³-hybridized carbons (Fsp3) is 0.455. The topological polar surface area (TPSA) is 80.3 Å². The number of aromatic nitrogens is 4. The second kappa shape index (κ2) is 8.58. The fourth-order valence-electron chi connectivity index (χ4n) is 4.70. The number of nitrogens with zero attached hydrogens (tertiary/aromatic N) is 6. The minimum absolute atomic E-state index is 0.0984. The largest absolute Gasteiger partial charge is 0.459 e. The summed E-state index contributed by atoms with van der Waals surface area (Å²) in [6.45, 7) is 2.46. The zero-order chi connectivity index (χ0) is 21.2. The van der Waals surface area contributed by atoms with Crippen LogP contribution in [-0.4, -0.2) is 62.1 Å². The average Bonchev–Trinajstić information content (AvgIpc) is 3.57. The standard InChI is InChI=1S/C22H25FN6O2/c23-17-9-7-16(8-10-17)20(21-24-25-26-29(21)18-4-1-2-5-18)27-11-13-28(14-12-27)22(30)19-6-3-15-31-19/h3,6-10,15,18,20H,1-2,4-5,11-14H2/t20-/m0/s1. The van der Waals surface area contributed by atoms with Gasteiger partial charge in [0.25, 0.3) is 5.91 Å². The zero-order valence-corrected chi connectivity index (χ0v) is 17.2. The van der Waals surface area contributed by atoms with Crippen molar-refractivity contribution < 1.29 is 13.6 Å². The first-order valence-corrected chi connectivity index (χ1v) is 10.8. The first kappa shape index (κ1) is 19.9. The van der Waals surface area contributed by atoms with E-state index >= 15 is 0 Å². The lowest BCUT2D eigenvalue weighted by Gasteiger charge is -2.38. The Morgan fingerprint density at radius 1 is 1.06 bits per heavy atom. The molecular formula is C22H25FN6O2. The van der Waals surface area contributed by atoms with E-state index < -0.39 is 0 Å². The van der Waals surface area contributed by atoms with Gasteiger partial charge in [-0.1, -0.05) is 25.0 Å². The highest BCUT2D eigenvalue weighted by atomic mass is 19.1. The van der Waals surface area contributed by atoms with Crippen LogP contribution in [0, 0.1) is 5.82 Å². The van der Waals surface area contributed by atoms with Gasteiger partial charge in [-0.05, 0) is 53.1 Å². The molecule has 0 radical (unpaired) electrons. The Morgan fingerprint density at radius 2 is 1.81 bits per heavy atom. The number of carbonyl (C=O) groups is 1. The van der Waals surface area contributed by atoms with Gasteiger partial charge < -0.3 is 9.32 Å². The number of furan rings is 1. The van der Waals surface area contributed by atoms with E-state index in [1.807, 2.05) is 4.68 Å². The lowest BCUT2D eigenvalue weighted by Crippen LogP contribution is -2.50. The van der Waals surface area contributed by atoms with Gasteiger partial charge in [0.15, 0.2) is 11.6 Å². The summed E-state index contributed by atoms with van der Waals surface area (Å²) < 4.78 is 20.8. The predicted octanol–water partition coefficient (Wildman–Crippen LogP) is 3.07. The second-order valence-corrected chi connectivity index (χ2v) is 8.18. The molecule has 1 atom stereocenters. The molecule has 2 aliphatic rings. The molecule has 3 aromatic rings. The Labute approximate surface area is 179 Å². The molecule has 2 aromatic heterocycles. The van der Waals surface area contributed by atoms with Crippen LogP contribution in [0.5, 0.6) is 0 Å². The molecular weight excluding hydrogens is 399 g/mol. The van der Waals surface area contributed by atoms with Crippen LogP contribution in [0.25, 0.3) is 0 Å². The van der Waals surface area contributed by atoms with E-state index in [2.05, 4.69) is 20.4 Å². The lowest BCUT2D eigenvalue weighted by atomic mass is 10.0. The van der Waals surface area contributed by atoms with Gasteiger partial charge in [0, 0.05) is 26.2 Å². The summed E-state index contributed by atoms with van der Waals surface area (Å²) in [7, 11) is 0. The van der Waals surface area contributed by atoms with Gasteiger partial charge in [-0.15, -0.1) is 5.10 Å². The van der Waals surface area contributed by atoms with Crippen LogP contribution < -0.4 is 0 Å². The van der Waals surface area contributed by atoms with Crippen molar-refractivity contribution in [2.75, 3.05) is 26.2 Å². The molecule has 2 fully saturated rings. The first-order valence-electron chi connectivity index (χ1n) is 10.8. The number of tetrazole rings is 1. The van der Waals surface area contributed by atoms with Crippen molar-refractivity contribution in [1.82, 2.24) is 30.0 Å². The summed E-state index contributed by atoms with van der Waals surface area (Å²) in [6.07, 6.45) is 6.01. The van der Waals surface area contributed by atoms with Crippen molar-refractivity contribution in [1.29, 1.82) is 0 Å². The van der Waals surface area contributed by atoms with E-state index in [1.165, 1.54) is 31.2 Å². The van der Waals surface area contributed by atoms with Crippen molar-refractivity contribution in [2.24, 2.45) is 0 Å². The number of amides is 1. The maximum atomic E-state index is 13.6. The van der Waals surface area contributed by atoms with E-state index in [4.69, 9.17) is 4.42 Å². The van der Waals surface area contributed by atoms with Crippen LogP contribution in [0.4, 0.5) is 4.39 Å². The number of piperazine rings is 1. The van der Waals surface area contributed by atoms with E-state index in [9.17, 15) is 9.18 Å². The number of hydrogen-bond acceptors (Lipinski definition) is 6. The molecule has 1 aliphatic heterocycles. The van der Waals surface area contributed by atoms with E-state index in [0.717, 1.165) is 24.2 Å². The molecule has 1 saturated carbocycles. The van der Waals surface area contributed by atoms with Gasteiger partial charge in [-0.2, -0.15) is 0 Å². The van der Waals surface area contributed by atoms with Crippen molar-refractivity contribution >= 4 is 5.91 Å². The molecule has 0 unspecified atom stereocenters. The molecule has 1 aliphatic carbocycles. The average molecular weight is 424 g/mol. The Bertz CT molecular complexity index is 1010. The molecule has 8 nitrogen and oxygen atoms in total. The normalized spacial score (nSPS) is 19.1. The highest BCUT2D eigenvalue weighted by Gasteiger charge is 2.34. The molecule has 0 bridgehead atoms. The Kier molecular flexibility index (Phi) is 5.50. The van der Waals surface area contributed by atoms with Crippen molar-refractivity contribution in [2.45, 2.75) is 37.8 Å². The van der Waals surface area contributed by atoms with Crippen LogP contribution in [0.3, 0.4) is 0 Å². The molecule has 162 valence electrons. The summed E-state index contributed by atoms with van der Waals surface area (Å²) in [5.74, 6) is 0.767. The van der Waals surface area contributed by atoms with Crippen LogP contribution in [0.1, 0.15) is 59.7 Å². The minimum Gasteiger partial charge on any atom is -0.459 e. The van der Waals surface area contributed by atoms with Crippen LogP contribution >= 0.6 is 0 Å². The molecule has 9 heteroatoms.